The molecule has 0 spiro atoms. The Hall–Kier alpha value is -1.02. The molecule has 0 heterocycles. The highest BCUT2D eigenvalue weighted by Gasteiger charge is 1.97. The first-order valence-corrected chi connectivity index (χ1v) is 4.14. The number of aryl methyl sites for hydroxylation is 2. The van der Waals surface area contributed by atoms with E-state index in [9.17, 15) is 0 Å². The molecule has 12 heavy (non-hydrogen) atoms. The largest absolute Gasteiger partial charge is 0.492 e. The van der Waals surface area contributed by atoms with Gasteiger partial charge in [0.05, 0.1) is 0 Å². The van der Waals surface area contributed by atoms with Crippen molar-refractivity contribution in [2.75, 3.05) is 13.2 Å². The molecule has 0 unspecified atom stereocenters. The molecule has 2 nitrogen and oxygen atoms in total. The lowest BCUT2D eigenvalue weighted by Crippen LogP contribution is -2.11. The third-order valence-electron chi connectivity index (χ3n) is 1.72. The van der Waals surface area contributed by atoms with Crippen molar-refractivity contribution in [3.05, 3.63) is 29.3 Å². The standard InChI is InChI=1S/C10H15NO/c1-8-3-4-9(2)10(7-8)12-6-5-11/h3-4,7H,5-6,11H2,1-2H3. The Morgan fingerprint density at radius 1 is 1.33 bits per heavy atom. The molecule has 0 radical (unpaired) electrons. The Labute approximate surface area is 73.3 Å². The topological polar surface area (TPSA) is 35.2 Å². The van der Waals surface area contributed by atoms with Crippen LogP contribution in [0.3, 0.4) is 0 Å². The van der Waals surface area contributed by atoms with E-state index in [1.54, 1.807) is 0 Å². The molecular weight excluding hydrogens is 150 g/mol. The maximum Gasteiger partial charge on any atom is 0.122 e. The maximum absolute atomic E-state index is 5.44. The summed E-state index contributed by atoms with van der Waals surface area (Å²) in [4.78, 5) is 0. The minimum atomic E-state index is 0.563. The Balaban J connectivity index is 2.75. The van der Waals surface area contributed by atoms with Gasteiger partial charge in [0.25, 0.3) is 0 Å². The fourth-order valence-electron chi connectivity index (χ4n) is 1.03. The van der Waals surface area contributed by atoms with E-state index in [2.05, 4.69) is 19.1 Å². The smallest absolute Gasteiger partial charge is 0.122 e. The average molecular weight is 165 g/mol. The number of nitrogens with two attached hydrogens (primary N) is 1. The molecule has 0 saturated carbocycles. The van der Waals surface area contributed by atoms with E-state index in [-0.39, 0.29) is 0 Å². The van der Waals surface area contributed by atoms with Gasteiger partial charge in [-0.15, -0.1) is 0 Å². The van der Waals surface area contributed by atoms with Crippen molar-refractivity contribution in [2.45, 2.75) is 13.8 Å². The lowest BCUT2D eigenvalue weighted by atomic mass is 10.1. The summed E-state index contributed by atoms with van der Waals surface area (Å²) < 4.78 is 5.44. The first kappa shape index (κ1) is 9.07. The molecule has 0 aromatic heterocycles. The molecule has 0 aliphatic carbocycles. The Morgan fingerprint density at radius 3 is 2.75 bits per heavy atom. The van der Waals surface area contributed by atoms with Gasteiger partial charge in [-0.1, -0.05) is 12.1 Å². The fourth-order valence-corrected chi connectivity index (χ4v) is 1.03. The van der Waals surface area contributed by atoms with Crippen LogP contribution in [0.4, 0.5) is 0 Å². The second-order valence-electron chi connectivity index (χ2n) is 2.91. The van der Waals surface area contributed by atoms with Gasteiger partial charge in [-0.2, -0.15) is 0 Å². The van der Waals surface area contributed by atoms with Crippen LogP contribution in [0.1, 0.15) is 11.1 Å². The summed E-state index contributed by atoms with van der Waals surface area (Å²) in [6, 6.07) is 6.16. The molecule has 0 amide bonds. The minimum Gasteiger partial charge on any atom is -0.492 e. The van der Waals surface area contributed by atoms with E-state index in [4.69, 9.17) is 10.5 Å². The number of rotatable bonds is 3. The monoisotopic (exact) mass is 165 g/mol. The van der Waals surface area contributed by atoms with Gasteiger partial charge < -0.3 is 10.5 Å². The van der Waals surface area contributed by atoms with Gasteiger partial charge in [0.15, 0.2) is 0 Å². The summed E-state index contributed by atoms with van der Waals surface area (Å²) in [6.45, 7) is 5.23. The number of hydrogen-bond donors (Lipinski definition) is 1. The van der Waals surface area contributed by atoms with Crippen LogP contribution in [0.25, 0.3) is 0 Å². The van der Waals surface area contributed by atoms with Crippen LogP contribution in [0, 0.1) is 13.8 Å². The van der Waals surface area contributed by atoms with Crippen molar-refractivity contribution in [2.24, 2.45) is 5.73 Å². The summed E-state index contributed by atoms with van der Waals surface area (Å²) in [6.07, 6.45) is 0. The summed E-state index contributed by atoms with van der Waals surface area (Å²) >= 11 is 0. The lowest BCUT2D eigenvalue weighted by molar-refractivity contribution is 0.326. The predicted molar refractivity (Wildman–Crippen MR) is 50.5 cm³/mol. The quantitative estimate of drug-likeness (QED) is 0.739. The third-order valence-corrected chi connectivity index (χ3v) is 1.72. The molecular formula is C10H15NO. The lowest BCUT2D eigenvalue weighted by Gasteiger charge is -2.08. The van der Waals surface area contributed by atoms with E-state index in [0.29, 0.717) is 13.2 Å². The molecule has 1 rings (SSSR count). The Bertz CT molecular complexity index is 258. The second kappa shape index (κ2) is 4.12. The molecule has 0 bridgehead atoms. The number of benzene rings is 1. The molecule has 2 heteroatoms. The van der Waals surface area contributed by atoms with Gasteiger partial charge in [-0.05, 0) is 31.0 Å². The number of ether oxygens (including phenoxy) is 1. The van der Waals surface area contributed by atoms with Crippen molar-refractivity contribution in [3.63, 3.8) is 0 Å². The van der Waals surface area contributed by atoms with Gasteiger partial charge in [-0.3, -0.25) is 0 Å². The SMILES string of the molecule is Cc1ccc(C)c(OCCN)c1. The third kappa shape index (κ3) is 2.24. The first-order valence-electron chi connectivity index (χ1n) is 4.14. The van der Waals surface area contributed by atoms with Crippen LogP contribution in [0.2, 0.25) is 0 Å². The van der Waals surface area contributed by atoms with E-state index < -0.39 is 0 Å². The van der Waals surface area contributed by atoms with Gasteiger partial charge in [-0.25, -0.2) is 0 Å². The highest BCUT2D eigenvalue weighted by molar-refractivity contribution is 5.35. The zero-order valence-electron chi connectivity index (χ0n) is 7.63. The van der Waals surface area contributed by atoms with Crippen LogP contribution in [0.5, 0.6) is 5.75 Å². The molecule has 0 saturated heterocycles. The van der Waals surface area contributed by atoms with Crippen molar-refractivity contribution >= 4 is 0 Å². The Kier molecular flexibility index (Phi) is 3.11. The average Bonchev–Trinajstić information content (AvgIpc) is 2.07. The van der Waals surface area contributed by atoms with Crippen LogP contribution < -0.4 is 10.5 Å². The van der Waals surface area contributed by atoms with Crippen molar-refractivity contribution in [1.82, 2.24) is 0 Å². The van der Waals surface area contributed by atoms with E-state index in [0.717, 1.165) is 11.3 Å². The zero-order valence-corrected chi connectivity index (χ0v) is 7.63. The zero-order chi connectivity index (χ0) is 8.97. The molecule has 2 N–H and O–H groups in total. The van der Waals surface area contributed by atoms with Crippen molar-refractivity contribution in [3.8, 4) is 5.75 Å². The van der Waals surface area contributed by atoms with Crippen LogP contribution in [-0.2, 0) is 0 Å². The first-order chi connectivity index (χ1) is 5.74. The highest BCUT2D eigenvalue weighted by Crippen LogP contribution is 2.18. The molecule has 1 aromatic carbocycles. The summed E-state index contributed by atoms with van der Waals surface area (Å²) in [5.41, 5.74) is 7.72. The number of hydrogen-bond acceptors (Lipinski definition) is 2. The summed E-state index contributed by atoms with van der Waals surface area (Å²) in [5.74, 6) is 0.945. The summed E-state index contributed by atoms with van der Waals surface area (Å²) in [5, 5.41) is 0. The molecule has 0 atom stereocenters. The minimum absolute atomic E-state index is 0.563. The predicted octanol–water partition coefficient (Wildman–Crippen LogP) is 1.64. The highest BCUT2D eigenvalue weighted by atomic mass is 16.5. The van der Waals surface area contributed by atoms with Crippen LogP contribution in [0.15, 0.2) is 18.2 Å². The maximum atomic E-state index is 5.44. The van der Waals surface area contributed by atoms with Crippen molar-refractivity contribution in [1.29, 1.82) is 0 Å². The van der Waals surface area contributed by atoms with Crippen molar-refractivity contribution < 1.29 is 4.74 Å². The van der Waals surface area contributed by atoms with E-state index in [1.165, 1.54) is 5.56 Å². The van der Waals surface area contributed by atoms with Crippen LogP contribution in [-0.4, -0.2) is 13.2 Å². The molecule has 0 aliphatic heterocycles. The Morgan fingerprint density at radius 2 is 2.08 bits per heavy atom. The second-order valence-corrected chi connectivity index (χ2v) is 2.91. The van der Waals surface area contributed by atoms with Gasteiger partial charge in [0, 0.05) is 6.54 Å². The van der Waals surface area contributed by atoms with Gasteiger partial charge in [0.1, 0.15) is 12.4 Å². The van der Waals surface area contributed by atoms with E-state index in [1.807, 2.05) is 13.0 Å². The molecule has 1 aromatic rings. The molecule has 0 aliphatic rings. The fraction of sp³-hybridized carbons (Fsp3) is 0.400. The van der Waals surface area contributed by atoms with E-state index >= 15 is 0 Å². The summed E-state index contributed by atoms with van der Waals surface area (Å²) in [7, 11) is 0. The molecule has 0 fully saturated rings. The normalized spacial score (nSPS) is 9.92. The molecule has 66 valence electrons. The van der Waals surface area contributed by atoms with Gasteiger partial charge in [0.2, 0.25) is 0 Å². The van der Waals surface area contributed by atoms with Gasteiger partial charge >= 0.3 is 0 Å². The van der Waals surface area contributed by atoms with Crippen LogP contribution >= 0.6 is 0 Å².